The molecule has 2 aromatic heterocycles. The van der Waals surface area contributed by atoms with Crippen molar-refractivity contribution >= 4 is 51.4 Å². The summed E-state index contributed by atoms with van der Waals surface area (Å²) in [5, 5.41) is 4.78. The van der Waals surface area contributed by atoms with Crippen LogP contribution >= 0.6 is 11.9 Å². The first kappa shape index (κ1) is 21.8. The summed E-state index contributed by atoms with van der Waals surface area (Å²) in [6.07, 6.45) is 2.66. The summed E-state index contributed by atoms with van der Waals surface area (Å²) in [7, 11) is 0. The molecule has 3 N–H and O–H groups in total. The zero-order valence-electron chi connectivity index (χ0n) is 18.5. The predicted molar refractivity (Wildman–Crippen MR) is 136 cm³/mol. The maximum absolute atomic E-state index is 12.6. The summed E-state index contributed by atoms with van der Waals surface area (Å²) < 4.78 is 1.55. The van der Waals surface area contributed by atoms with Crippen molar-refractivity contribution in [2.75, 3.05) is 10.8 Å². The van der Waals surface area contributed by atoms with E-state index in [9.17, 15) is 9.59 Å². The monoisotopic (exact) mass is 469 g/mol. The smallest absolute Gasteiger partial charge is 0.251 e. The van der Waals surface area contributed by atoms with Crippen LogP contribution in [0.4, 0.5) is 5.69 Å². The minimum atomic E-state index is -0.146. The Morgan fingerprint density at radius 2 is 1.76 bits per heavy atom. The number of amides is 2. The largest absolute Gasteiger partial charge is 0.361 e. The number of imidazole rings is 1. The van der Waals surface area contributed by atoms with E-state index in [4.69, 9.17) is 0 Å². The molecule has 8 heteroatoms. The molecule has 0 bridgehead atoms. The second-order valence-electron chi connectivity index (χ2n) is 7.87. The fourth-order valence-electron chi connectivity index (χ4n) is 3.89. The van der Waals surface area contributed by atoms with Gasteiger partial charge in [-0.2, -0.15) is 0 Å². The minimum Gasteiger partial charge on any atom is -0.361 e. The van der Waals surface area contributed by atoms with E-state index in [2.05, 4.69) is 32.4 Å². The highest BCUT2D eigenvalue weighted by molar-refractivity contribution is 8.01. The number of H-pyrrole nitrogens is 2. The van der Waals surface area contributed by atoms with Crippen LogP contribution in [0.2, 0.25) is 0 Å². The summed E-state index contributed by atoms with van der Waals surface area (Å²) in [6, 6.07) is 22.9. The maximum atomic E-state index is 12.6. The molecule has 2 heterocycles. The van der Waals surface area contributed by atoms with Crippen molar-refractivity contribution < 1.29 is 9.59 Å². The Morgan fingerprint density at radius 3 is 2.56 bits per heavy atom. The standard InChI is InChI=1S/C26H23N5O2S/c1-17(32)31(34-26-29-23-6-2-3-7-24(23)30-26)20-11-9-19(10-12-20)25(33)28-15-13-18-5-4-8-22-21(18)14-16-27-22/h2-12,14,16,27H,13,15H2,1H3,(H,28,33)(H,29,30). The van der Waals surface area contributed by atoms with Gasteiger partial charge in [0.15, 0.2) is 5.16 Å². The van der Waals surface area contributed by atoms with Crippen LogP contribution in [-0.4, -0.2) is 33.3 Å². The van der Waals surface area contributed by atoms with Gasteiger partial charge in [-0.25, -0.2) is 9.29 Å². The van der Waals surface area contributed by atoms with Gasteiger partial charge in [-0.3, -0.25) is 9.59 Å². The van der Waals surface area contributed by atoms with E-state index in [-0.39, 0.29) is 11.8 Å². The van der Waals surface area contributed by atoms with Gasteiger partial charge < -0.3 is 15.3 Å². The highest BCUT2D eigenvalue weighted by Gasteiger charge is 2.17. The lowest BCUT2D eigenvalue weighted by Crippen LogP contribution is -2.26. The highest BCUT2D eigenvalue weighted by atomic mass is 32.2. The van der Waals surface area contributed by atoms with Gasteiger partial charge in [0.25, 0.3) is 5.91 Å². The average molecular weight is 470 g/mol. The molecule has 5 aromatic rings. The van der Waals surface area contributed by atoms with Gasteiger partial charge >= 0.3 is 0 Å². The molecule has 2 amide bonds. The third-order valence-electron chi connectivity index (χ3n) is 5.56. The van der Waals surface area contributed by atoms with Crippen molar-refractivity contribution in [2.24, 2.45) is 0 Å². The van der Waals surface area contributed by atoms with E-state index in [0.29, 0.717) is 23.0 Å². The van der Waals surface area contributed by atoms with Crippen LogP contribution in [0.25, 0.3) is 21.9 Å². The fourth-order valence-corrected chi connectivity index (χ4v) is 4.71. The van der Waals surface area contributed by atoms with Crippen LogP contribution in [0.3, 0.4) is 0 Å². The Kier molecular flexibility index (Phi) is 6.05. The first-order valence-electron chi connectivity index (χ1n) is 10.9. The molecule has 34 heavy (non-hydrogen) atoms. The normalized spacial score (nSPS) is 11.1. The number of carbonyl (C=O) groups is 2. The number of aromatic amines is 2. The second-order valence-corrected chi connectivity index (χ2v) is 8.81. The zero-order valence-corrected chi connectivity index (χ0v) is 19.4. The van der Waals surface area contributed by atoms with Crippen LogP contribution < -0.4 is 9.62 Å². The van der Waals surface area contributed by atoms with Gasteiger partial charge in [0.05, 0.1) is 16.7 Å². The highest BCUT2D eigenvalue weighted by Crippen LogP contribution is 2.29. The molecule has 3 aromatic carbocycles. The maximum Gasteiger partial charge on any atom is 0.251 e. The third kappa shape index (κ3) is 4.53. The van der Waals surface area contributed by atoms with Crippen LogP contribution in [0.15, 0.2) is 84.1 Å². The topological polar surface area (TPSA) is 93.9 Å². The molecule has 0 atom stereocenters. The quantitative estimate of drug-likeness (QED) is 0.290. The summed E-state index contributed by atoms with van der Waals surface area (Å²) in [5.74, 6) is -0.284. The first-order chi connectivity index (χ1) is 16.6. The number of fused-ring (bicyclic) bond motifs is 2. The lowest BCUT2D eigenvalue weighted by molar-refractivity contribution is -0.115. The number of hydrogen-bond donors (Lipinski definition) is 3. The summed E-state index contributed by atoms with van der Waals surface area (Å²) >= 11 is 1.22. The van der Waals surface area contributed by atoms with Crippen molar-refractivity contribution in [3.05, 3.63) is 90.1 Å². The van der Waals surface area contributed by atoms with E-state index in [1.807, 2.05) is 42.6 Å². The number of nitrogens with one attached hydrogen (secondary N) is 3. The van der Waals surface area contributed by atoms with Crippen molar-refractivity contribution in [1.29, 1.82) is 0 Å². The van der Waals surface area contributed by atoms with Crippen LogP contribution in [0.1, 0.15) is 22.8 Å². The lowest BCUT2D eigenvalue weighted by Gasteiger charge is -2.18. The molecule has 0 aliphatic heterocycles. The van der Waals surface area contributed by atoms with E-state index in [1.165, 1.54) is 29.8 Å². The Balaban J connectivity index is 1.23. The van der Waals surface area contributed by atoms with Gasteiger partial charge in [-0.1, -0.05) is 24.3 Å². The molecular formula is C26H23N5O2S. The number of aromatic nitrogens is 3. The second kappa shape index (κ2) is 9.44. The van der Waals surface area contributed by atoms with Crippen molar-refractivity contribution in [3.63, 3.8) is 0 Å². The Hall–Kier alpha value is -4.04. The molecule has 0 radical (unpaired) electrons. The number of hydrogen-bond acceptors (Lipinski definition) is 4. The van der Waals surface area contributed by atoms with Crippen LogP contribution in [0.5, 0.6) is 0 Å². The summed E-state index contributed by atoms with van der Waals surface area (Å²) in [4.78, 5) is 35.9. The predicted octanol–water partition coefficient (Wildman–Crippen LogP) is 5.08. The van der Waals surface area contributed by atoms with E-state index >= 15 is 0 Å². The van der Waals surface area contributed by atoms with E-state index < -0.39 is 0 Å². The summed E-state index contributed by atoms with van der Waals surface area (Å²) in [6.45, 7) is 2.04. The number of rotatable bonds is 7. The molecular weight excluding hydrogens is 446 g/mol. The Labute approximate surface area is 200 Å². The molecule has 5 rings (SSSR count). The van der Waals surface area contributed by atoms with Gasteiger partial charge in [0.2, 0.25) is 5.91 Å². The molecule has 0 saturated heterocycles. The SMILES string of the molecule is CC(=O)N(Sc1nc2ccccc2[nH]1)c1ccc(C(=O)NCCc2cccc3[nH]ccc23)cc1. The van der Waals surface area contributed by atoms with Crippen molar-refractivity contribution in [2.45, 2.75) is 18.5 Å². The lowest BCUT2D eigenvalue weighted by atomic mass is 10.1. The van der Waals surface area contributed by atoms with Crippen molar-refractivity contribution in [3.8, 4) is 0 Å². The molecule has 0 aliphatic rings. The number of nitrogens with zero attached hydrogens (tertiary/aromatic N) is 2. The molecule has 0 spiro atoms. The summed E-state index contributed by atoms with van der Waals surface area (Å²) in [5.41, 5.74) is 5.25. The number of benzene rings is 3. The Bertz CT molecular complexity index is 1440. The molecule has 0 aliphatic carbocycles. The van der Waals surface area contributed by atoms with Crippen molar-refractivity contribution in [1.82, 2.24) is 20.3 Å². The number of carbonyl (C=O) groups excluding carboxylic acids is 2. The third-order valence-corrected chi connectivity index (χ3v) is 6.58. The van der Waals surface area contributed by atoms with Gasteiger partial charge in [-0.15, -0.1) is 0 Å². The minimum absolute atomic E-state index is 0.137. The molecule has 0 saturated carbocycles. The van der Waals surface area contributed by atoms with Crippen LogP contribution in [-0.2, 0) is 11.2 Å². The first-order valence-corrected chi connectivity index (χ1v) is 11.7. The van der Waals surface area contributed by atoms with Gasteiger partial charge in [-0.05, 0) is 60.5 Å². The molecule has 0 unspecified atom stereocenters. The van der Waals surface area contributed by atoms with E-state index in [0.717, 1.165) is 23.0 Å². The Morgan fingerprint density at radius 1 is 0.971 bits per heavy atom. The fraction of sp³-hybridized carbons (Fsp3) is 0.115. The zero-order chi connectivity index (χ0) is 23.5. The number of anilines is 1. The molecule has 170 valence electrons. The molecule has 0 fully saturated rings. The van der Waals surface area contributed by atoms with E-state index in [1.54, 1.807) is 28.6 Å². The van der Waals surface area contributed by atoms with Crippen LogP contribution in [0, 0.1) is 0 Å². The van der Waals surface area contributed by atoms with Gasteiger partial charge in [0.1, 0.15) is 0 Å². The molecule has 7 nitrogen and oxygen atoms in total. The van der Waals surface area contributed by atoms with Gasteiger partial charge in [0, 0.05) is 48.1 Å². The number of para-hydroxylation sites is 2. The average Bonchev–Trinajstić information content (AvgIpc) is 3.49.